The number of hydrogen-bond acceptors (Lipinski definition) is 4. The summed E-state index contributed by atoms with van der Waals surface area (Å²) in [5, 5.41) is 0. The van der Waals surface area contributed by atoms with Gasteiger partial charge in [0.15, 0.2) is 0 Å². The van der Waals surface area contributed by atoms with Gasteiger partial charge in [-0.3, -0.25) is 14.1 Å². The number of benzene rings is 1. The fourth-order valence-electron chi connectivity index (χ4n) is 1.20. The molecule has 0 unspecified atom stereocenters. The van der Waals surface area contributed by atoms with E-state index < -0.39 is 38.0 Å². The van der Waals surface area contributed by atoms with Crippen LogP contribution >= 0.6 is 0 Å². The van der Waals surface area contributed by atoms with Gasteiger partial charge in [-0.1, -0.05) is 6.07 Å². The molecular formula is C8H8N2NaO5S. The fraction of sp³-hybridized carbons (Fsp3) is 0. The van der Waals surface area contributed by atoms with Gasteiger partial charge in [-0.25, -0.2) is 0 Å². The van der Waals surface area contributed by atoms with E-state index in [1.165, 1.54) is 6.07 Å². The van der Waals surface area contributed by atoms with Crippen molar-refractivity contribution in [1.29, 1.82) is 0 Å². The number of amides is 2. The SMILES string of the molecule is NC(=O)c1cccc(C(N)=O)c1S(=O)(=O)O.[Na]. The summed E-state index contributed by atoms with van der Waals surface area (Å²) in [6.07, 6.45) is 0. The second kappa shape index (κ2) is 5.61. The van der Waals surface area contributed by atoms with Gasteiger partial charge in [0.1, 0.15) is 4.90 Å². The summed E-state index contributed by atoms with van der Waals surface area (Å²) in [5.41, 5.74) is 8.85. The van der Waals surface area contributed by atoms with E-state index in [0.29, 0.717) is 0 Å². The van der Waals surface area contributed by atoms with Crippen molar-refractivity contribution in [3.8, 4) is 0 Å². The Kier molecular flexibility index (Phi) is 5.30. The molecule has 87 valence electrons. The van der Waals surface area contributed by atoms with Gasteiger partial charge in [0.2, 0.25) is 11.8 Å². The molecular weight excluding hydrogens is 259 g/mol. The van der Waals surface area contributed by atoms with Crippen molar-refractivity contribution in [1.82, 2.24) is 0 Å². The Morgan fingerprint density at radius 1 is 1.06 bits per heavy atom. The topological polar surface area (TPSA) is 141 Å². The maximum absolute atomic E-state index is 11.0. The van der Waals surface area contributed by atoms with Crippen molar-refractivity contribution >= 4 is 51.5 Å². The molecule has 0 saturated carbocycles. The first-order chi connectivity index (χ1) is 7.25. The van der Waals surface area contributed by atoms with Crippen LogP contribution in [0.3, 0.4) is 0 Å². The molecule has 0 atom stereocenters. The number of primary amides is 2. The smallest absolute Gasteiger partial charge is 0.296 e. The molecule has 0 aromatic heterocycles. The van der Waals surface area contributed by atoms with E-state index in [1.807, 2.05) is 0 Å². The zero-order chi connectivity index (χ0) is 12.5. The van der Waals surface area contributed by atoms with Crippen LogP contribution in [0.1, 0.15) is 20.7 Å². The zero-order valence-corrected chi connectivity index (χ0v) is 11.7. The zero-order valence-electron chi connectivity index (χ0n) is 8.88. The molecule has 0 spiro atoms. The van der Waals surface area contributed by atoms with Gasteiger partial charge in [0, 0.05) is 29.6 Å². The monoisotopic (exact) mass is 267 g/mol. The molecule has 7 nitrogen and oxygen atoms in total. The van der Waals surface area contributed by atoms with Crippen LogP contribution < -0.4 is 11.5 Å². The molecule has 17 heavy (non-hydrogen) atoms. The van der Waals surface area contributed by atoms with Crippen LogP contribution in [0.15, 0.2) is 23.1 Å². The van der Waals surface area contributed by atoms with Crippen molar-refractivity contribution in [2.24, 2.45) is 11.5 Å². The quantitative estimate of drug-likeness (QED) is 0.463. The third-order valence-corrected chi connectivity index (χ3v) is 2.76. The van der Waals surface area contributed by atoms with E-state index in [2.05, 4.69) is 0 Å². The van der Waals surface area contributed by atoms with Gasteiger partial charge in [-0.05, 0) is 12.1 Å². The van der Waals surface area contributed by atoms with Crippen LogP contribution in [0, 0.1) is 0 Å². The van der Waals surface area contributed by atoms with Crippen molar-refractivity contribution in [2.75, 3.05) is 0 Å². The third-order valence-electron chi connectivity index (χ3n) is 1.80. The predicted molar refractivity (Wildman–Crippen MR) is 59.0 cm³/mol. The Bertz CT molecular complexity index is 537. The van der Waals surface area contributed by atoms with E-state index in [-0.39, 0.29) is 29.6 Å². The molecule has 0 fully saturated rings. The first-order valence-electron chi connectivity index (χ1n) is 3.95. The van der Waals surface area contributed by atoms with Gasteiger partial charge in [-0.2, -0.15) is 8.42 Å². The molecule has 0 aliphatic heterocycles. The van der Waals surface area contributed by atoms with Crippen LogP contribution in [0.2, 0.25) is 0 Å². The van der Waals surface area contributed by atoms with Gasteiger partial charge < -0.3 is 11.5 Å². The normalized spacial score (nSPS) is 10.4. The number of nitrogens with two attached hydrogens (primary N) is 2. The summed E-state index contributed by atoms with van der Waals surface area (Å²) in [7, 11) is -4.76. The summed E-state index contributed by atoms with van der Waals surface area (Å²) in [5.74, 6) is -2.17. The Hall–Kier alpha value is -0.930. The molecule has 0 saturated heterocycles. The van der Waals surface area contributed by atoms with Gasteiger partial charge in [0.05, 0.1) is 11.1 Å². The molecule has 9 heteroatoms. The maximum Gasteiger partial charge on any atom is 0.296 e. The Morgan fingerprint density at radius 2 is 1.41 bits per heavy atom. The van der Waals surface area contributed by atoms with E-state index >= 15 is 0 Å². The Balaban J connectivity index is 0.00000256. The molecule has 0 heterocycles. The molecule has 1 aromatic carbocycles. The number of rotatable bonds is 3. The van der Waals surface area contributed by atoms with Crippen LogP contribution in [-0.2, 0) is 10.1 Å². The molecule has 5 N–H and O–H groups in total. The summed E-state index contributed by atoms with van der Waals surface area (Å²) in [6, 6.07) is 3.37. The van der Waals surface area contributed by atoms with Crippen molar-refractivity contribution in [3.05, 3.63) is 29.3 Å². The van der Waals surface area contributed by atoms with E-state index in [1.54, 1.807) is 0 Å². The van der Waals surface area contributed by atoms with Crippen LogP contribution in [-0.4, -0.2) is 54.3 Å². The molecule has 0 bridgehead atoms. The van der Waals surface area contributed by atoms with Gasteiger partial charge >= 0.3 is 0 Å². The van der Waals surface area contributed by atoms with Crippen molar-refractivity contribution < 1.29 is 22.6 Å². The second-order valence-electron chi connectivity index (χ2n) is 2.89. The van der Waals surface area contributed by atoms with Crippen molar-refractivity contribution in [2.45, 2.75) is 4.90 Å². The molecule has 2 amide bonds. The first-order valence-corrected chi connectivity index (χ1v) is 5.39. The maximum atomic E-state index is 11.0. The number of carbonyl (C=O) groups excluding carboxylic acids is 2. The molecule has 0 aliphatic rings. The van der Waals surface area contributed by atoms with Crippen molar-refractivity contribution in [3.63, 3.8) is 0 Å². The predicted octanol–water partition coefficient (Wildman–Crippen LogP) is -1.25. The minimum absolute atomic E-state index is 0. The van der Waals surface area contributed by atoms with E-state index in [4.69, 9.17) is 16.0 Å². The van der Waals surface area contributed by atoms with Gasteiger partial charge in [-0.15, -0.1) is 0 Å². The third kappa shape index (κ3) is 3.51. The summed E-state index contributed by atoms with van der Waals surface area (Å²) < 4.78 is 31.0. The van der Waals surface area contributed by atoms with Gasteiger partial charge in [0.25, 0.3) is 10.1 Å². The molecule has 1 aromatic rings. The first kappa shape index (κ1) is 16.1. The Labute approximate surface area is 119 Å². The van der Waals surface area contributed by atoms with Crippen LogP contribution in [0.4, 0.5) is 0 Å². The molecule has 0 aliphatic carbocycles. The number of carbonyl (C=O) groups is 2. The summed E-state index contributed by atoms with van der Waals surface area (Å²) in [4.78, 5) is 21.0. The number of hydrogen-bond donors (Lipinski definition) is 3. The minimum Gasteiger partial charge on any atom is -0.366 e. The van der Waals surface area contributed by atoms with E-state index in [9.17, 15) is 18.0 Å². The average Bonchev–Trinajstić information content (AvgIpc) is 2.15. The standard InChI is InChI=1S/C8H8N2O5S.Na/c9-7(11)4-2-1-3-5(8(10)12)6(4)16(13,14)15;/h1-3H,(H2,9,11)(H2,10,12)(H,13,14,15);. The average molecular weight is 267 g/mol. The second-order valence-corrected chi connectivity index (χ2v) is 4.24. The summed E-state index contributed by atoms with van der Waals surface area (Å²) >= 11 is 0. The molecule has 1 rings (SSSR count). The largest absolute Gasteiger partial charge is 0.366 e. The summed E-state index contributed by atoms with van der Waals surface area (Å²) in [6.45, 7) is 0. The fourth-order valence-corrected chi connectivity index (χ4v) is 2.10. The van der Waals surface area contributed by atoms with Crippen LogP contribution in [0.5, 0.6) is 0 Å². The Morgan fingerprint density at radius 3 is 1.65 bits per heavy atom. The molecule has 1 radical (unpaired) electrons. The van der Waals surface area contributed by atoms with E-state index in [0.717, 1.165) is 12.1 Å². The minimum atomic E-state index is -4.76. The van der Waals surface area contributed by atoms with Crippen LogP contribution in [0.25, 0.3) is 0 Å².